The topological polar surface area (TPSA) is 72.3 Å². The van der Waals surface area contributed by atoms with Crippen LogP contribution in [0.4, 0.5) is 0 Å². The molecule has 2 aromatic rings. The van der Waals surface area contributed by atoms with Crippen LogP contribution in [0, 0.1) is 10.5 Å². The predicted molar refractivity (Wildman–Crippen MR) is 73.0 cm³/mol. The zero-order valence-corrected chi connectivity index (χ0v) is 11.6. The van der Waals surface area contributed by atoms with Crippen LogP contribution < -0.4 is 4.74 Å². The average molecular weight is 356 g/mol. The molecule has 0 spiro atoms. The quantitative estimate of drug-likeness (QED) is 0.857. The summed E-state index contributed by atoms with van der Waals surface area (Å²) in [5.74, 6) is -0.439. The van der Waals surface area contributed by atoms with Gasteiger partial charge in [0.15, 0.2) is 0 Å². The van der Waals surface area contributed by atoms with Gasteiger partial charge < -0.3 is 9.84 Å². The lowest BCUT2D eigenvalue weighted by atomic mass is 10.2. The zero-order chi connectivity index (χ0) is 13.1. The smallest absolute Gasteiger partial charge is 0.339 e. The highest BCUT2D eigenvalue weighted by Gasteiger charge is 2.10. The molecular weight excluding hydrogens is 347 g/mol. The molecule has 6 heteroatoms. The summed E-state index contributed by atoms with van der Waals surface area (Å²) >= 11 is 2.19. The fourth-order valence-electron chi connectivity index (χ4n) is 1.31. The van der Waals surface area contributed by atoms with Gasteiger partial charge in [-0.05, 0) is 53.8 Å². The summed E-state index contributed by atoms with van der Waals surface area (Å²) in [6.07, 6.45) is 1.24. The Morgan fingerprint density at radius 1 is 1.33 bits per heavy atom. The molecule has 1 heterocycles. The third-order valence-electron chi connectivity index (χ3n) is 2.21. The first-order valence-electron chi connectivity index (χ1n) is 5.06. The van der Waals surface area contributed by atoms with Crippen molar-refractivity contribution in [3.05, 3.63) is 45.3 Å². The first kappa shape index (κ1) is 12.7. The number of hydrogen-bond acceptors (Lipinski definition) is 4. The summed E-state index contributed by atoms with van der Waals surface area (Å²) in [6, 6.07) is 7.53. The van der Waals surface area contributed by atoms with Gasteiger partial charge in [0.2, 0.25) is 0 Å². The van der Waals surface area contributed by atoms with Gasteiger partial charge in [0.1, 0.15) is 5.75 Å². The van der Waals surface area contributed by atoms with Crippen molar-refractivity contribution in [3.63, 3.8) is 0 Å². The highest BCUT2D eigenvalue weighted by atomic mass is 127. The second-order valence-corrected chi connectivity index (χ2v) is 4.76. The molecule has 1 aromatic carbocycles. The number of hydrogen-bond donors (Lipinski definition) is 1. The maximum atomic E-state index is 10.8. The minimum atomic E-state index is -1.05. The molecule has 0 radical (unpaired) electrons. The number of aryl methyl sites for hydroxylation is 1. The van der Waals surface area contributed by atoms with Gasteiger partial charge in [-0.3, -0.25) is 0 Å². The lowest BCUT2D eigenvalue weighted by molar-refractivity contribution is 0.0695. The van der Waals surface area contributed by atoms with Crippen molar-refractivity contribution >= 4 is 28.6 Å². The van der Waals surface area contributed by atoms with Gasteiger partial charge in [0.25, 0.3) is 0 Å². The predicted octanol–water partition coefficient (Wildman–Crippen LogP) is 2.88. The number of halogens is 1. The van der Waals surface area contributed by atoms with Crippen molar-refractivity contribution in [2.24, 2.45) is 0 Å². The molecule has 5 nitrogen and oxygen atoms in total. The van der Waals surface area contributed by atoms with Crippen molar-refractivity contribution in [1.82, 2.24) is 9.97 Å². The van der Waals surface area contributed by atoms with Crippen molar-refractivity contribution in [2.75, 3.05) is 0 Å². The second kappa shape index (κ2) is 5.30. The van der Waals surface area contributed by atoms with E-state index in [0.717, 1.165) is 3.57 Å². The number of rotatable bonds is 3. The minimum Gasteiger partial charge on any atom is -0.478 e. The van der Waals surface area contributed by atoms with Crippen LogP contribution in [0.5, 0.6) is 11.8 Å². The van der Waals surface area contributed by atoms with E-state index >= 15 is 0 Å². The van der Waals surface area contributed by atoms with Crippen molar-refractivity contribution in [1.29, 1.82) is 0 Å². The first-order chi connectivity index (χ1) is 8.56. The van der Waals surface area contributed by atoms with Crippen LogP contribution in [-0.4, -0.2) is 21.0 Å². The number of carboxylic acid groups (broad SMARTS) is 1. The van der Waals surface area contributed by atoms with E-state index in [-0.39, 0.29) is 11.6 Å². The number of benzene rings is 1. The van der Waals surface area contributed by atoms with Crippen molar-refractivity contribution in [2.45, 2.75) is 6.92 Å². The lowest BCUT2D eigenvalue weighted by Gasteiger charge is -2.05. The van der Waals surface area contributed by atoms with Crippen molar-refractivity contribution in [3.8, 4) is 11.8 Å². The standard InChI is InChI=1S/C12H9IN2O3/c1-7-10(11(16)17)6-14-12(15-7)18-9-4-2-8(13)3-5-9/h2-6H,1H3,(H,16,17). The highest BCUT2D eigenvalue weighted by Crippen LogP contribution is 2.19. The van der Waals surface area contributed by atoms with E-state index in [2.05, 4.69) is 32.6 Å². The Kier molecular flexibility index (Phi) is 3.75. The van der Waals surface area contributed by atoms with Crippen molar-refractivity contribution < 1.29 is 14.6 Å². The van der Waals surface area contributed by atoms with Gasteiger partial charge in [-0.25, -0.2) is 9.78 Å². The number of aromatic nitrogens is 2. The Balaban J connectivity index is 2.22. The molecule has 0 aliphatic heterocycles. The number of carbonyl (C=O) groups is 1. The molecule has 0 unspecified atom stereocenters. The number of nitrogens with zero attached hydrogens (tertiary/aromatic N) is 2. The molecule has 0 saturated heterocycles. The molecule has 0 amide bonds. The molecule has 1 aromatic heterocycles. The van der Waals surface area contributed by atoms with Crippen LogP contribution in [0.15, 0.2) is 30.5 Å². The third-order valence-corrected chi connectivity index (χ3v) is 2.93. The molecular formula is C12H9IN2O3. The molecule has 0 saturated carbocycles. The number of carboxylic acids is 1. The fraction of sp³-hybridized carbons (Fsp3) is 0.0833. The minimum absolute atomic E-state index is 0.0740. The summed E-state index contributed by atoms with van der Waals surface area (Å²) in [4.78, 5) is 18.7. The van der Waals surface area contributed by atoms with Gasteiger partial charge in [-0.15, -0.1) is 0 Å². The van der Waals surface area contributed by atoms with Gasteiger partial charge in [0, 0.05) is 9.77 Å². The van der Waals surface area contributed by atoms with E-state index in [1.165, 1.54) is 6.20 Å². The lowest BCUT2D eigenvalue weighted by Crippen LogP contribution is -2.04. The molecule has 0 aliphatic carbocycles. The summed E-state index contributed by atoms with van der Waals surface area (Å²) < 4.78 is 6.53. The molecule has 2 rings (SSSR count). The molecule has 0 aliphatic rings. The van der Waals surface area contributed by atoms with Gasteiger partial charge in [-0.2, -0.15) is 4.98 Å². The van der Waals surface area contributed by atoms with E-state index < -0.39 is 5.97 Å². The second-order valence-electron chi connectivity index (χ2n) is 3.51. The highest BCUT2D eigenvalue weighted by molar-refractivity contribution is 14.1. The Bertz CT molecular complexity index is 584. The van der Waals surface area contributed by atoms with Gasteiger partial charge in [-0.1, -0.05) is 0 Å². The molecule has 18 heavy (non-hydrogen) atoms. The average Bonchev–Trinajstić information content (AvgIpc) is 2.32. The molecule has 0 bridgehead atoms. The van der Waals surface area contributed by atoms with E-state index in [9.17, 15) is 4.79 Å². The Morgan fingerprint density at radius 3 is 2.56 bits per heavy atom. The Labute approximate surface area is 117 Å². The first-order valence-corrected chi connectivity index (χ1v) is 6.14. The SMILES string of the molecule is Cc1nc(Oc2ccc(I)cc2)ncc1C(=O)O. The maximum absolute atomic E-state index is 10.8. The van der Waals surface area contributed by atoms with E-state index in [1.54, 1.807) is 19.1 Å². The van der Waals surface area contributed by atoms with Crippen LogP contribution >= 0.6 is 22.6 Å². The fourth-order valence-corrected chi connectivity index (χ4v) is 1.67. The zero-order valence-electron chi connectivity index (χ0n) is 9.42. The maximum Gasteiger partial charge on any atom is 0.339 e. The third kappa shape index (κ3) is 2.95. The van der Waals surface area contributed by atoms with E-state index in [4.69, 9.17) is 9.84 Å². The van der Waals surface area contributed by atoms with E-state index in [1.807, 2.05) is 12.1 Å². The number of ether oxygens (including phenoxy) is 1. The van der Waals surface area contributed by atoms with Crippen LogP contribution in [0.3, 0.4) is 0 Å². The molecule has 0 fully saturated rings. The van der Waals surface area contributed by atoms with Gasteiger partial charge >= 0.3 is 12.0 Å². The van der Waals surface area contributed by atoms with Crippen LogP contribution in [-0.2, 0) is 0 Å². The summed E-state index contributed by atoms with van der Waals surface area (Å²) in [5.41, 5.74) is 0.447. The summed E-state index contributed by atoms with van der Waals surface area (Å²) in [6.45, 7) is 1.60. The monoisotopic (exact) mass is 356 g/mol. The summed E-state index contributed by atoms with van der Waals surface area (Å²) in [5, 5.41) is 8.86. The van der Waals surface area contributed by atoms with E-state index in [0.29, 0.717) is 11.4 Å². The summed E-state index contributed by atoms with van der Waals surface area (Å²) in [7, 11) is 0. The van der Waals surface area contributed by atoms with Crippen LogP contribution in [0.25, 0.3) is 0 Å². The molecule has 0 atom stereocenters. The molecule has 92 valence electrons. The normalized spacial score (nSPS) is 10.1. The number of aromatic carboxylic acids is 1. The Morgan fingerprint density at radius 2 is 2.00 bits per heavy atom. The molecule has 1 N–H and O–H groups in total. The Hall–Kier alpha value is -1.70. The van der Waals surface area contributed by atoms with Crippen LogP contribution in [0.1, 0.15) is 16.1 Å². The largest absolute Gasteiger partial charge is 0.478 e. The van der Waals surface area contributed by atoms with Gasteiger partial charge in [0.05, 0.1) is 11.3 Å². The van der Waals surface area contributed by atoms with Crippen LogP contribution in [0.2, 0.25) is 0 Å².